The first-order valence-corrected chi connectivity index (χ1v) is 10.2. The van der Waals surface area contributed by atoms with Crippen molar-refractivity contribution in [2.75, 3.05) is 14.2 Å². The van der Waals surface area contributed by atoms with Gasteiger partial charge in [-0.3, -0.25) is 9.59 Å². The third-order valence-electron chi connectivity index (χ3n) is 5.69. The minimum atomic E-state index is -0.397. The fourth-order valence-electron chi connectivity index (χ4n) is 4.18. The molecule has 1 atom stereocenters. The Hall–Kier alpha value is -4.06. The number of hydrogen-bond donors (Lipinski definition) is 0. The van der Waals surface area contributed by atoms with Crippen LogP contribution in [0.3, 0.4) is 0 Å². The van der Waals surface area contributed by atoms with Gasteiger partial charge >= 0.3 is 5.97 Å². The zero-order chi connectivity index (χ0) is 22.2. The summed E-state index contributed by atoms with van der Waals surface area (Å²) < 4.78 is 22.5. The van der Waals surface area contributed by atoms with Gasteiger partial charge in [-0.05, 0) is 29.8 Å². The summed E-state index contributed by atoms with van der Waals surface area (Å²) >= 11 is 0. The molecule has 32 heavy (non-hydrogen) atoms. The van der Waals surface area contributed by atoms with Gasteiger partial charge in [0.15, 0.2) is 5.76 Å². The van der Waals surface area contributed by atoms with Gasteiger partial charge in [-0.25, -0.2) is 0 Å². The maximum atomic E-state index is 13.1. The summed E-state index contributed by atoms with van der Waals surface area (Å²) in [5.74, 6) is 1.30. The van der Waals surface area contributed by atoms with Gasteiger partial charge in [0.05, 0.1) is 26.2 Å². The molecule has 0 bridgehead atoms. The lowest BCUT2D eigenvalue weighted by atomic mass is 9.84. The number of esters is 1. The topological polar surface area (TPSA) is 71.1 Å². The Morgan fingerprint density at radius 3 is 2.50 bits per heavy atom. The van der Waals surface area contributed by atoms with Crippen LogP contribution >= 0.6 is 0 Å². The molecule has 6 nitrogen and oxygen atoms in total. The Balaban J connectivity index is 1.64. The van der Waals surface area contributed by atoms with Crippen LogP contribution in [-0.4, -0.2) is 26.0 Å². The Morgan fingerprint density at radius 1 is 0.938 bits per heavy atom. The van der Waals surface area contributed by atoms with E-state index >= 15 is 0 Å². The average molecular weight is 428 g/mol. The molecule has 0 aliphatic carbocycles. The van der Waals surface area contributed by atoms with E-state index < -0.39 is 5.92 Å². The lowest BCUT2D eigenvalue weighted by molar-refractivity contribution is -0.135. The van der Waals surface area contributed by atoms with Crippen molar-refractivity contribution in [3.05, 3.63) is 88.7 Å². The molecular weight excluding hydrogens is 408 g/mol. The number of benzene rings is 3. The second-order valence-electron chi connectivity index (χ2n) is 7.54. The number of carbonyl (C=O) groups excluding carboxylic acids is 2. The third kappa shape index (κ3) is 3.30. The Labute approximate surface area is 185 Å². The number of fused-ring (bicyclic) bond motifs is 3. The predicted molar refractivity (Wildman–Crippen MR) is 117 cm³/mol. The van der Waals surface area contributed by atoms with Crippen LogP contribution in [0.2, 0.25) is 0 Å². The molecular formula is C26H20O6. The molecule has 2 heterocycles. The first-order valence-electron chi connectivity index (χ1n) is 10.2. The second-order valence-corrected chi connectivity index (χ2v) is 7.54. The smallest absolute Gasteiger partial charge is 0.312 e. The number of methoxy groups -OCH3 is 2. The van der Waals surface area contributed by atoms with Gasteiger partial charge in [-0.1, -0.05) is 36.4 Å². The monoisotopic (exact) mass is 428 g/mol. The van der Waals surface area contributed by atoms with Crippen LogP contribution in [0, 0.1) is 0 Å². The molecule has 0 N–H and O–H groups in total. The third-order valence-corrected chi connectivity index (χ3v) is 5.69. The van der Waals surface area contributed by atoms with Crippen LogP contribution in [0.5, 0.6) is 23.0 Å². The van der Waals surface area contributed by atoms with Crippen molar-refractivity contribution in [3.8, 4) is 23.0 Å². The lowest BCUT2D eigenvalue weighted by Gasteiger charge is -2.27. The number of rotatable bonds is 4. The molecule has 0 aromatic heterocycles. The first-order chi connectivity index (χ1) is 15.6. The molecule has 0 spiro atoms. The van der Waals surface area contributed by atoms with Crippen molar-refractivity contribution in [3.63, 3.8) is 0 Å². The molecule has 3 aromatic rings. The van der Waals surface area contributed by atoms with Crippen molar-refractivity contribution < 1.29 is 28.5 Å². The molecule has 3 aromatic carbocycles. The van der Waals surface area contributed by atoms with E-state index in [-0.39, 0.29) is 23.9 Å². The van der Waals surface area contributed by atoms with Crippen molar-refractivity contribution in [2.24, 2.45) is 0 Å². The predicted octanol–water partition coefficient (Wildman–Crippen LogP) is 4.76. The molecule has 0 saturated carbocycles. The van der Waals surface area contributed by atoms with E-state index in [1.165, 1.54) is 0 Å². The van der Waals surface area contributed by atoms with Gasteiger partial charge < -0.3 is 18.9 Å². The average Bonchev–Trinajstić information content (AvgIpc) is 3.13. The van der Waals surface area contributed by atoms with E-state index in [1.54, 1.807) is 38.5 Å². The van der Waals surface area contributed by atoms with Gasteiger partial charge in [0.2, 0.25) is 5.78 Å². The number of ether oxygens (including phenoxy) is 4. The van der Waals surface area contributed by atoms with E-state index in [0.29, 0.717) is 34.1 Å². The van der Waals surface area contributed by atoms with E-state index in [0.717, 1.165) is 11.1 Å². The zero-order valence-electron chi connectivity index (χ0n) is 17.6. The highest BCUT2D eigenvalue weighted by molar-refractivity contribution is 6.15. The Kier molecular flexibility index (Phi) is 4.90. The van der Waals surface area contributed by atoms with E-state index in [1.807, 2.05) is 42.5 Å². The van der Waals surface area contributed by atoms with Crippen molar-refractivity contribution >= 4 is 17.8 Å². The zero-order valence-corrected chi connectivity index (χ0v) is 17.6. The summed E-state index contributed by atoms with van der Waals surface area (Å²) in [6.45, 7) is 0. The molecule has 5 rings (SSSR count). The molecule has 160 valence electrons. The number of carbonyl (C=O) groups is 2. The highest BCUT2D eigenvalue weighted by Crippen LogP contribution is 2.50. The van der Waals surface area contributed by atoms with E-state index in [2.05, 4.69) is 0 Å². The standard InChI is InChI=1S/C26H20O6/c1-29-16-8-9-17(21(13-16)30-2)19-14-23(27)31-20-11-10-18-25(28)22(32-26(18)24(19)20)12-15-6-4-3-5-7-15/h3-13,19H,14H2,1-2H3/b22-12-/t19-/m0/s1. The number of hydrogen-bond acceptors (Lipinski definition) is 6. The van der Waals surface area contributed by atoms with Crippen molar-refractivity contribution in [1.82, 2.24) is 0 Å². The quantitative estimate of drug-likeness (QED) is 0.339. The number of allylic oxidation sites excluding steroid dienone is 1. The molecule has 0 radical (unpaired) electrons. The van der Waals surface area contributed by atoms with Gasteiger partial charge in [-0.15, -0.1) is 0 Å². The summed E-state index contributed by atoms with van der Waals surface area (Å²) in [5.41, 5.74) is 2.75. The number of ketones is 1. The summed E-state index contributed by atoms with van der Waals surface area (Å²) in [4.78, 5) is 25.5. The maximum Gasteiger partial charge on any atom is 0.312 e. The maximum absolute atomic E-state index is 13.1. The summed E-state index contributed by atoms with van der Waals surface area (Å²) in [5, 5.41) is 0. The van der Waals surface area contributed by atoms with Crippen molar-refractivity contribution in [2.45, 2.75) is 12.3 Å². The highest BCUT2D eigenvalue weighted by atomic mass is 16.5. The van der Waals surface area contributed by atoms with Crippen molar-refractivity contribution in [1.29, 1.82) is 0 Å². The Bertz CT molecular complexity index is 1260. The molecule has 2 aliphatic heterocycles. The normalized spacial score (nSPS) is 17.9. The molecule has 0 unspecified atom stereocenters. The van der Waals surface area contributed by atoms with Crippen LogP contribution < -0.4 is 18.9 Å². The van der Waals surface area contributed by atoms with Gasteiger partial charge in [-0.2, -0.15) is 0 Å². The summed E-state index contributed by atoms with van der Waals surface area (Å²) in [6, 6.07) is 18.2. The van der Waals surface area contributed by atoms with Crippen LogP contribution in [0.4, 0.5) is 0 Å². The van der Waals surface area contributed by atoms with E-state index in [9.17, 15) is 9.59 Å². The van der Waals surface area contributed by atoms with Gasteiger partial charge in [0, 0.05) is 23.1 Å². The molecule has 0 fully saturated rings. The summed E-state index contributed by atoms with van der Waals surface area (Å²) in [6.07, 6.45) is 1.81. The van der Waals surface area contributed by atoms with Crippen LogP contribution in [0.15, 0.2) is 66.4 Å². The summed E-state index contributed by atoms with van der Waals surface area (Å²) in [7, 11) is 3.14. The molecule has 0 amide bonds. The minimum Gasteiger partial charge on any atom is -0.497 e. The fraction of sp³-hybridized carbons (Fsp3) is 0.154. The second kappa shape index (κ2) is 7.89. The first kappa shape index (κ1) is 19.9. The van der Waals surface area contributed by atoms with E-state index in [4.69, 9.17) is 18.9 Å². The van der Waals surface area contributed by atoms with Gasteiger partial charge in [0.1, 0.15) is 23.0 Å². The SMILES string of the molecule is COc1ccc([C@@H]2CC(=O)Oc3ccc4c(c32)O/C(=C\c2ccccc2)C4=O)c(OC)c1. The molecule has 6 heteroatoms. The van der Waals surface area contributed by atoms with Gasteiger partial charge in [0.25, 0.3) is 0 Å². The largest absolute Gasteiger partial charge is 0.497 e. The fourth-order valence-corrected chi connectivity index (χ4v) is 4.18. The highest BCUT2D eigenvalue weighted by Gasteiger charge is 2.39. The van der Waals surface area contributed by atoms with Crippen LogP contribution in [-0.2, 0) is 4.79 Å². The van der Waals surface area contributed by atoms with Crippen LogP contribution in [0.1, 0.15) is 39.4 Å². The molecule has 0 saturated heterocycles. The molecule has 2 aliphatic rings. The lowest BCUT2D eigenvalue weighted by Crippen LogP contribution is -2.22. The minimum absolute atomic E-state index is 0.0986. The number of Topliss-reactive ketones (excluding diaryl/α,β-unsaturated/α-hetero) is 1. The van der Waals surface area contributed by atoms with Crippen LogP contribution in [0.25, 0.3) is 6.08 Å². The Morgan fingerprint density at radius 2 is 1.75 bits per heavy atom.